The molecule has 4 bridgehead atoms. The van der Waals surface area contributed by atoms with E-state index >= 15 is 0 Å². The Balaban J connectivity index is 0.939. The SMILES string of the molecule is CCCCCCCC(=O)SCC/C=C/C1CC(=O)NCc2nc(c(-c3ccc(COC(=O)CC[C@H](NC(=O)c4ccc(NCc5cnc6nc(N)[nH]c(=O)c6n5)cc4)C(=O)O)cc3)s2)C2=N[C@@](C)(CS2)C(=O)N[C@@H](C(C)C)C(=O)N1. The third-order valence-electron chi connectivity index (χ3n) is 13.0. The second kappa shape index (κ2) is 28.6. The summed E-state index contributed by atoms with van der Waals surface area (Å²) >= 11 is 4.01. The number of aliphatic carboxylic acids is 1. The van der Waals surface area contributed by atoms with E-state index in [1.54, 1.807) is 37.3 Å². The van der Waals surface area contributed by atoms with Gasteiger partial charge in [-0.3, -0.25) is 43.5 Å². The van der Waals surface area contributed by atoms with Gasteiger partial charge in [-0.1, -0.05) is 94.6 Å². The van der Waals surface area contributed by atoms with Crippen molar-refractivity contribution in [3.63, 3.8) is 0 Å². The van der Waals surface area contributed by atoms with Crippen LogP contribution in [0.15, 0.2) is 76.7 Å². The molecule has 22 nitrogen and oxygen atoms in total. The minimum Gasteiger partial charge on any atom is -0.480 e. The van der Waals surface area contributed by atoms with E-state index in [0.29, 0.717) is 51.3 Å². The first-order valence-corrected chi connectivity index (χ1v) is 29.2. The number of thioether (sulfide) groups is 2. The standard InChI is InChI=1S/C55H66N12O10S3/c1-5-6-7-8-9-13-42(70)78-24-11-10-12-36-25-39(68)58-28-40-63-44(51-67-55(4,30-79-51)53(76)64-43(31(2)3)49(72)61-36)46(80-40)33-16-14-32(15-17-33)29-77-41(69)23-22-38(52(74)75)62-48(71)34-18-20-35(21-19-34)57-26-37-27-59-47-45(60-37)50(73)66-54(56)65-47/h10,12,14-21,27,31,36,38,43,57H,5-9,11,13,22-26,28-30H2,1-4H3,(H,58,68)(H,61,72)(H,62,71)(H,64,76)(H,74,75)(H3,56,59,65,66,73)/b12-10+/t36?,38-,43-,55-/m0/s1. The predicted octanol–water partition coefficient (Wildman–Crippen LogP) is 6.20. The highest BCUT2D eigenvalue weighted by Crippen LogP contribution is 2.38. The molecule has 5 aromatic rings. The van der Waals surface area contributed by atoms with Crippen LogP contribution in [0.2, 0.25) is 0 Å². The van der Waals surface area contributed by atoms with E-state index < -0.39 is 58.9 Å². The van der Waals surface area contributed by atoms with Crippen molar-refractivity contribution < 1.29 is 43.4 Å². The van der Waals surface area contributed by atoms with E-state index in [9.17, 15) is 43.5 Å². The lowest BCUT2D eigenvalue weighted by atomic mass is 9.99. The van der Waals surface area contributed by atoms with Gasteiger partial charge in [0.2, 0.25) is 23.7 Å². The summed E-state index contributed by atoms with van der Waals surface area (Å²) in [6.07, 6.45) is 10.9. The summed E-state index contributed by atoms with van der Waals surface area (Å²) in [7, 11) is 0. The van der Waals surface area contributed by atoms with Gasteiger partial charge in [0.15, 0.2) is 16.3 Å². The summed E-state index contributed by atoms with van der Waals surface area (Å²) < 4.78 is 5.51. The van der Waals surface area contributed by atoms with Gasteiger partial charge in [-0.25, -0.2) is 19.7 Å². The highest BCUT2D eigenvalue weighted by molar-refractivity contribution is 8.14. The number of amides is 4. The molecule has 9 N–H and O–H groups in total. The number of nitrogens with zero attached hydrogens (tertiary/aromatic N) is 5. The van der Waals surface area contributed by atoms with Crippen molar-refractivity contribution >= 4 is 103 Å². The predicted molar refractivity (Wildman–Crippen MR) is 309 cm³/mol. The molecule has 3 aromatic heterocycles. The number of H-pyrrole nitrogens is 1. The maximum absolute atomic E-state index is 14.0. The van der Waals surface area contributed by atoms with Gasteiger partial charge in [-0.05, 0) is 67.5 Å². The number of fused-ring (bicyclic) bond motifs is 5. The summed E-state index contributed by atoms with van der Waals surface area (Å²) in [6.45, 7) is 7.69. The normalized spacial score (nSPS) is 18.1. The number of ether oxygens (including phenoxy) is 1. The number of benzene rings is 2. The molecule has 2 aromatic carbocycles. The van der Waals surface area contributed by atoms with Gasteiger partial charge in [-0.2, -0.15) is 4.98 Å². The fourth-order valence-electron chi connectivity index (χ4n) is 8.42. The number of aliphatic imine (C=N–C) groups is 1. The Bertz CT molecular complexity index is 3180. The number of carboxylic acids is 1. The molecule has 25 heteroatoms. The van der Waals surface area contributed by atoms with Crippen molar-refractivity contribution in [3.8, 4) is 10.4 Å². The molecular weight excluding hydrogens is 1080 g/mol. The maximum atomic E-state index is 14.0. The second-order valence-corrected chi connectivity index (χ2v) is 23.0. The third-order valence-corrected chi connectivity index (χ3v) is 16.3. The van der Waals surface area contributed by atoms with Crippen LogP contribution < -0.4 is 37.9 Å². The quantitative estimate of drug-likeness (QED) is 0.0205. The highest BCUT2D eigenvalue weighted by Gasteiger charge is 2.42. The molecule has 424 valence electrons. The van der Waals surface area contributed by atoms with Crippen LogP contribution in [0.4, 0.5) is 11.6 Å². The molecule has 0 radical (unpaired) electrons. The molecule has 2 aliphatic rings. The van der Waals surface area contributed by atoms with Gasteiger partial charge < -0.3 is 42.2 Å². The Morgan fingerprint density at radius 1 is 0.975 bits per heavy atom. The van der Waals surface area contributed by atoms with Crippen LogP contribution in [0, 0.1) is 5.92 Å². The number of nitrogens with one attached hydrogen (secondary N) is 6. The number of nitrogens with two attached hydrogens (primary N) is 1. The lowest BCUT2D eigenvalue weighted by Gasteiger charge is -2.27. The second-order valence-electron chi connectivity index (χ2n) is 19.8. The van der Waals surface area contributed by atoms with E-state index in [1.165, 1.54) is 59.6 Å². The zero-order chi connectivity index (χ0) is 57.3. The van der Waals surface area contributed by atoms with E-state index in [0.717, 1.165) is 36.1 Å². The molecule has 0 aliphatic carbocycles. The number of aromatic amines is 1. The van der Waals surface area contributed by atoms with Crippen LogP contribution in [0.1, 0.15) is 124 Å². The zero-order valence-electron chi connectivity index (χ0n) is 44.9. The number of rotatable bonds is 23. The van der Waals surface area contributed by atoms with Crippen molar-refractivity contribution in [2.24, 2.45) is 10.9 Å². The smallest absolute Gasteiger partial charge is 0.326 e. The topological polar surface area (TPSA) is 332 Å². The summed E-state index contributed by atoms with van der Waals surface area (Å²) in [4.78, 5) is 129. The van der Waals surface area contributed by atoms with E-state index in [2.05, 4.69) is 53.4 Å². The van der Waals surface area contributed by atoms with Crippen LogP contribution in [0.3, 0.4) is 0 Å². The number of carbonyl (C=O) groups excluding carboxylic acids is 6. The van der Waals surface area contributed by atoms with Crippen LogP contribution in [-0.2, 0) is 53.2 Å². The van der Waals surface area contributed by atoms with Crippen LogP contribution in [-0.4, -0.2) is 111 Å². The van der Waals surface area contributed by atoms with E-state index in [-0.39, 0.29) is 84.3 Å². The fourth-order valence-corrected chi connectivity index (χ4v) is 11.4. The number of unbranched alkanes of at least 4 members (excludes halogenated alkanes) is 4. The Hall–Kier alpha value is -7.51. The number of carboxylic acid groups (broad SMARTS) is 1. The van der Waals surface area contributed by atoms with Gasteiger partial charge in [0.1, 0.15) is 40.0 Å². The number of thiazole rings is 1. The minimum atomic E-state index is -1.39. The summed E-state index contributed by atoms with van der Waals surface area (Å²) in [5.41, 5.74) is 7.12. The van der Waals surface area contributed by atoms with Gasteiger partial charge in [-0.15, -0.1) is 23.1 Å². The molecule has 5 heterocycles. The Kier molecular flexibility index (Phi) is 21.5. The number of hydrogen-bond donors (Lipinski definition) is 8. The molecule has 4 atom stereocenters. The Morgan fingerprint density at radius 2 is 1.74 bits per heavy atom. The molecule has 0 spiro atoms. The van der Waals surface area contributed by atoms with E-state index in [1.807, 2.05) is 32.1 Å². The fraction of sp³-hybridized carbons (Fsp3) is 0.436. The molecule has 0 fully saturated rings. The molecule has 4 amide bonds. The van der Waals surface area contributed by atoms with Crippen molar-refractivity contribution in [1.29, 1.82) is 0 Å². The summed E-state index contributed by atoms with van der Waals surface area (Å²) in [5, 5.41) is 25.6. The summed E-state index contributed by atoms with van der Waals surface area (Å²) in [5.74, 6) is -3.36. The molecule has 0 saturated carbocycles. The number of esters is 1. The first-order chi connectivity index (χ1) is 38.4. The average molecular weight is 1150 g/mol. The lowest BCUT2D eigenvalue weighted by Crippen LogP contribution is -2.56. The van der Waals surface area contributed by atoms with Crippen molar-refractivity contribution in [2.45, 2.75) is 135 Å². The maximum Gasteiger partial charge on any atom is 0.326 e. The van der Waals surface area contributed by atoms with Crippen LogP contribution >= 0.6 is 34.9 Å². The van der Waals surface area contributed by atoms with E-state index in [4.69, 9.17) is 20.4 Å². The lowest BCUT2D eigenvalue weighted by molar-refractivity contribution is -0.146. The van der Waals surface area contributed by atoms with Gasteiger partial charge >= 0.3 is 11.9 Å². The van der Waals surface area contributed by atoms with Gasteiger partial charge in [0.05, 0.1) is 42.3 Å². The molecule has 1 unspecified atom stereocenters. The number of allylic oxidation sites excluding steroid dienone is 1. The molecule has 0 saturated heterocycles. The van der Waals surface area contributed by atoms with Crippen molar-refractivity contribution in [2.75, 3.05) is 22.6 Å². The van der Waals surface area contributed by atoms with Crippen LogP contribution in [0.25, 0.3) is 21.6 Å². The average Bonchev–Trinajstić information content (AvgIpc) is 4.17. The van der Waals surface area contributed by atoms with Gasteiger partial charge in [0, 0.05) is 35.6 Å². The number of carbonyl (C=O) groups is 7. The Labute approximate surface area is 474 Å². The largest absolute Gasteiger partial charge is 0.480 e. The van der Waals surface area contributed by atoms with Crippen LogP contribution in [0.5, 0.6) is 0 Å². The Morgan fingerprint density at radius 3 is 2.48 bits per heavy atom. The number of hydrogen-bond acceptors (Lipinski definition) is 19. The number of anilines is 2. The minimum absolute atomic E-state index is 0.0335. The highest BCUT2D eigenvalue weighted by atomic mass is 32.2. The van der Waals surface area contributed by atoms with Gasteiger partial charge in [0.25, 0.3) is 11.5 Å². The zero-order valence-corrected chi connectivity index (χ0v) is 47.4. The molecule has 2 aliphatic heterocycles. The molecule has 80 heavy (non-hydrogen) atoms. The number of aromatic nitrogens is 5. The monoisotopic (exact) mass is 1150 g/mol. The summed E-state index contributed by atoms with van der Waals surface area (Å²) in [6, 6.07) is 10.4. The third kappa shape index (κ3) is 17.0. The molecule has 7 rings (SSSR count). The van der Waals surface area contributed by atoms with Crippen molar-refractivity contribution in [1.82, 2.24) is 46.2 Å². The number of nitrogen functional groups attached to an aromatic ring is 1. The first-order valence-electron chi connectivity index (χ1n) is 26.4. The first kappa shape index (κ1) is 60.1. The molecular formula is C55H66N12O10S3. The van der Waals surface area contributed by atoms with Crippen molar-refractivity contribution in [3.05, 3.63) is 105 Å².